The highest BCUT2D eigenvalue weighted by Gasteiger charge is 2.17. The Labute approximate surface area is 122 Å². The van der Waals surface area contributed by atoms with Crippen molar-refractivity contribution in [3.63, 3.8) is 0 Å². The zero-order chi connectivity index (χ0) is 13.0. The van der Waals surface area contributed by atoms with Crippen LogP contribution < -0.4 is 5.32 Å². The summed E-state index contributed by atoms with van der Waals surface area (Å²) in [4.78, 5) is 9.18. The first-order chi connectivity index (χ1) is 8.70. The van der Waals surface area contributed by atoms with Gasteiger partial charge in [-0.15, -0.1) is 0 Å². The summed E-state index contributed by atoms with van der Waals surface area (Å²) < 4.78 is 6.86. The van der Waals surface area contributed by atoms with E-state index in [0.717, 1.165) is 46.9 Å². The van der Waals surface area contributed by atoms with E-state index in [1.165, 1.54) is 12.8 Å². The van der Waals surface area contributed by atoms with E-state index in [1.807, 2.05) is 6.92 Å². The van der Waals surface area contributed by atoms with Gasteiger partial charge in [-0.1, -0.05) is 0 Å². The molecule has 2 heterocycles. The Morgan fingerprint density at radius 3 is 2.89 bits per heavy atom. The fourth-order valence-electron chi connectivity index (χ4n) is 2.17. The van der Waals surface area contributed by atoms with E-state index in [1.54, 1.807) is 0 Å². The van der Waals surface area contributed by atoms with Crippen LogP contribution in [0.1, 0.15) is 37.7 Å². The fraction of sp³-hybridized carbons (Fsp3) is 0.692. The Bertz CT molecular complexity index is 405. The molecule has 18 heavy (non-hydrogen) atoms. The molecule has 1 aromatic rings. The van der Waals surface area contributed by atoms with Gasteiger partial charge in [-0.05, 0) is 55.7 Å². The van der Waals surface area contributed by atoms with Crippen molar-refractivity contribution in [2.24, 2.45) is 0 Å². The van der Waals surface area contributed by atoms with Crippen molar-refractivity contribution in [3.8, 4) is 0 Å². The predicted octanol–water partition coefficient (Wildman–Crippen LogP) is 2.93. The average molecular weight is 361 g/mol. The van der Waals surface area contributed by atoms with Gasteiger partial charge in [0.15, 0.2) is 0 Å². The summed E-state index contributed by atoms with van der Waals surface area (Å²) in [5, 5.41) is 3.29. The van der Waals surface area contributed by atoms with Crippen molar-refractivity contribution in [2.45, 2.75) is 45.6 Å². The van der Waals surface area contributed by atoms with Crippen molar-refractivity contribution in [1.29, 1.82) is 0 Å². The van der Waals surface area contributed by atoms with Crippen LogP contribution in [-0.4, -0.2) is 29.2 Å². The third-order valence-electron chi connectivity index (χ3n) is 3.09. The molecule has 0 aromatic carbocycles. The molecule has 0 bridgehead atoms. The summed E-state index contributed by atoms with van der Waals surface area (Å²) in [7, 11) is 0. The van der Waals surface area contributed by atoms with Gasteiger partial charge in [0.25, 0.3) is 0 Å². The average Bonchev–Trinajstić information content (AvgIpc) is 2.37. The Balaban J connectivity index is 2.11. The van der Waals surface area contributed by atoms with E-state index in [9.17, 15) is 0 Å². The molecule has 0 radical (unpaired) electrons. The quantitative estimate of drug-likeness (QED) is 0.838. The highest BCUT2D eigenvalue weighted by molar-refractivity contribution is 14.1. The minimum Gasteiger partial charge on any atom is -0.378 e. The number of hydrogen-bond acceptors (Lipinski definition) is 4. The van der Waals surface area contributed by atoms with Crippen molar-refractivity contribution < 1.29 is 4.74 Å². The number of aryl methyl sites for hydroxylation is 1. The Morgan fingerprint density at radius 2 is 2.22 bits per heavy atom. The summed E-state index contributed by atoms with van der Waals surface area (Å²) in [5.41, 5.74) is 1.05. The van der Waals surface area contributed by atoms with Crippen molar-refractivity contribution in [2.75, 3.05) is 18.5 Å². The van der Waals surface area contributed by atoms with Crippen LogP contribution >= 0.6 is 22.6 Å². The Morgan fingerprint density at radius 1 is 1.39 bits per heavy atom. The highest BCUT2D eigenvalue weighted by atomic mass is 127. The van der Waals surface area contributed by atoms with Crippen LogP contribution in [0.2, 0.25) is 0 Å². The molecule has 1 aromatic heterocycles. The number of aromatic nitrogens is 2. The standard InChI is InChI=1S/C13H20IN3O/c1-3-15-13-12(14)9(2)16-11(17-13)8-10-6-4-5-7-18-10/h10H,3-8H2,1-2H3,(H,15,16,17). The van der Waals surface area contributed by atoms with E-state index in [0.29, 0.717) is 6.10 Å². The zero-order valence-corrected chi connectivity index (χ0v) is 13.2. The molecule has 2 rings (SSSR count). The lowest BCUT2D eigenvalue weighted by atomic mass is 10.1. The summed E-state index contributed by atoms with van der Waals surface area (Å²) in [6, 6.07) is 0. The lowest BCUT2D eigenvalue weighted by Crippen LogP contribution is -2.23. The van der Waals surface area contributed by atoms with E-state index in [2.05, 4.69) is 44.8 Å². The first-order valence-electron chi connectivity index (χ1n) is 6.59. The van der Waals surface area contributed by atoms with Gasteiger partial charge in [0.05, 0.1) is 15.4 Å². The number of hydrogen-bond donors (Lipinski definition) is 1. The van der Waals surface area contributed by atoms with Crippen LogP contribution in [0.15, 0.2) is 0 Å². The lowest BCUT2D eigenvalue weighted by Gasteiger charge is -2.22. The van der Waals surface area contributed by atoms with Crippen LogP contribution in [0.3, 0.4) is 0 Å². The molecule has 1 unspecified atom stereocenters. The molecule has 0 amide bonds. The maximum Gasteiger partial charge on any atom is 0.143 e. The second-order valence-electron chi connectivity index (χ2n) is 4.61. The number of ether oxygens (including phenoxy) is 1. The fourth-order valence-corrected chi connectivity index (χ4v) is 2.60. The van der Waals surface area contributed by atoms with Gasteiger partial charge < -0.3 is 10.1 Å². The highest BCUT2D eigenvalue weighted by Crippen LogP contribution is 2.21. The molecule has 1 aliphatic heterocycles. The van der Waals surface area contributed by atoms with E-state index < -0.39 is 0 Å². The first-order valence-corrected chi connectivity index (χ1v) is 7.67. The second-order valence-corrected chi connectivity index (χ2v) is 5.69. The maximum absolute atomic E-state index is 5.75. The van der Waals surface area contributed by atoms with Gasteiger partial charge in [-0.3, -0.25) is 0 Å². The summed E-state index contributed by atoms with van der Waals surface area (Å²) >= 11 is 2.30. The number of nitrogens with one attached hydrogen (secondary N) is 1. The van der Waals surface area contributed by atoms with Crippen LogP contribution in [0.4, 0.5) is 5.82 Å². The topological polar surface area (TPSA) is 47.0 Å². The molecule has 0 spiro atoms. The van der Waals surface area contributed by atoms with Crippen molar-refractivity contribution >= 4 is 28.4 Å². The van der Waals surface area contributed by atoms with Crippen molar-refractivity contribution in [1.82, 2.24) is 9.97 Å². The van der Waals surface area contributed by atoms with Gasteiger partial charge in [0.1, 0.15) is 11.6 Å². The predicted molar refractivity (Wildman–Crippen MR) is 80.9 cm³/mol. The van der Waals surface area contributed by atoms with Crippen LogP contribution in [0, 0.1) is 10.5 Å². The lowest BCUT2D eigenvalue weighted by molar-refractivity contribution is 0.0156. The van der Waals surface area contributed by atoms with Crippen LogP contribution in [0.5, 0.6) is 0 Å². The molecule has 1 fully saturated rings. The molecule has 0 saturated carbocycles. The monoisotopic (exact) mass is 361 g/mol. The van der Waals surface area contributed by atoms with Gasteiger partial charge >= 0.3 is 0 Å². The minimum absolute atomic E-state index is 0.299. The van der Waals surface area contributed by atoms with E-state index >= 15 is 0 Å². The zero-order valence-electron chi connectivity index (χ0n) is 11.0. The summed E-state index contributed by atoms with van der Waals surface area (Å²) in [6.45, 7) is 5.88. The normalized spacial score (nSPS) is 19.8. The third kappa shape index (κ3) is 3.54. The van der Waals surface area contributed by atoms with Gasteiger partial charge in [-0.25, -0.2) is 9.97 Å². The van der Waals surface area contributed by atoms with Crippen molar-refractivity contribution in [3.05, 3.63) is 15.1 Å². The van der Waals surface area contributed by atoms with E-state index in [4.69, 9.17) is 4.74 Å². The molecule has 4 nitrogen and oxygen atoms in total. The van der Waals surface area contributed by atoms with Crippen LogP contribution in [-0.2, 0) is 11.2 Å². The minimum atomic E-state index is 0.299. The smallest absolute Gasteiger partial charge is 0.143 e. The van der Waals surface area contributed by atoms with Gasteiger partial charge in [0, 0.05) is 19.6 Å². The molecule has 1 saturated heterocycles. The Kier molecular flexibility index (Phi) is 5.17. The molecule has 5 heteroatoms. The Hall–Kier alpha value is -0.430. The number of rotatable bonds is 4. The van der Waals surface area contributed by atoms with E-state index in [-0.39, 0.29) is 0 Å². The second kappa shape index (κ2) is 6.65. The molecule has 0 aliphatic carbocycles. The largest absolute Gasteiger partial charge is 0.378 e. The molecular formula is C13H20IN3O. The number of halogens is 1. The third-order valence-corrected chi connectivity index (χ3v) is 4.38. The molecule has 1 aliphatic rings. The molecule has 1 N–H and O–H groups in total. The number of anilines is 1. The van der Waals surface area contributed by atoms with Gasteiger partial charge in [0.2, 0.25) is 0 Å². The SMILES string of the molecule is CCNc1nc(CC2CCCCO2)nc(C)c1I. The number of nitrogens with zero attached hydrogens (tertiary/aromatic N) is 2. The molecular weight excluding hydrogens is 341 g/mol. The summed E-state index contributed by atoms with van der Waals surface area (Å²) in [5.74, 6) is 1.85. The maximum atomic E-state index is 5.75. The van der Waals surface area contributed by atoms with Gasteiger partial charge in [-0.2, -0.15) is 0 Å². The summed E-state index contributed by atoms with van der Waals surface area (Å²) in [6.07, 6.45) is 4.70. The molecule has 1 atom stereocenters. The van der Waals surface area contributed by atoms with Crippen LogP contribution in [0.25, 0.3) is 0 Å². The first kappa shape index (κ1) is 14.0. The molecule has 100 valence electrons.